The van der Waals surface area contributed by atoms with Gasteiger partial charge in [-0.3, -0.25) is 4.48 Å². The van der Waals surface area contributed by atoms with Gasteiger partial charge in [0.15, 0.2) is 6.67 Å². The van der Waals surface area contributed by atoms with Crippen LogP contribution in [0.5, 0.6) is 0 Å². The molecule has 12 heavy (non-hydrogen) atoms. The molecule has 0 amide bonds. The Morgan fingerprint density at radius 1 is 1.67 bits per heavy atom. The zero-order valence-electron chi connectivity index (χ0n) is 8.16. The lowest BCUT2D eigenvalue weighted by Crippen LogP contribution is -2.40. The van der Waals surface area contributed by atoms with E-state index >= 15 is 0 Å². The SMILES string of the molecule is C=CN1C=C[N+](C)(CCCC)C1. The number of hydrogen-bond donors (Lipinski definition) is 0. The van der Waals surface area contributed by atoms with Crippen LogP contribution >= 0.6 is 0 Å². The van der Waals surface area contributed by atoms with Crippen LogP contribution < -0.4 is 0 Å². The molecule has 1 heterocycles. The standard InChI is InChI=1S/C10H19N2/c1-4-6-8-12(3)9-7-11(5-2)10-12/h5,7,9H,2,4,6,8,10H2,1,3H3/q+1. The summed E-state index contributed by atoms with van der Waals surface area (Å²) >= 11 is 0. The van der Waals surface area contributed by atoms with Crippen molar-refractivity contribution in [3.8, 4) is 0 Å². The van der Waals surface area contributed by atoms with Gasteiger partial charge < -0.3 is 4.90 Å². The van der Waals surface area contributed by atoms with Crippen LogP contribution in [0.15, 0.2) is 25.2 Å². The monoisotopic (exact) mass is 167 g/mol. The molecule has 2 nitrogen and oxygen atoms in total. The highest BCUT2D eigenvalue weighted by atomic mass is 15.4. The van der Waals surface area contributed by atoms with Gasteiger partial charge >= 0.3 is 0 Å². The molecular formula is C10H19N2+. The van der Waals surface area contributed by atoms with Gasteiger partial charge in [-0.05, 0) is 6.42 Å². The molecule has 0 saturated heterocycles. The van der Waals surface area contributed by atoms with Crippen LogP contribution in [0.4, 0.5) is 0 Å². The molecule has 1 unspecified atom stereocenters. The maximum Gasteiger partial charge on any atom is 0.162 e. The van der Waals surface area contributed by atoms with E-state index in [9.17, 15) is 0 Å². The summed E-state index contributed by atoms with van der Waals surface area (Å²) in [6, 6.07) is 0. The minimum Gasteiger partial charge on any atom is -0.303 e. The summed E-state index contributed by atoms with van der Waals surface area (Å²) in [5.41, 5.74) is 0. The Morgan fingerprint density at radius 2 is 2.42 bits per heavy atom. The number of nitrogens with zero attached hydrogens (tertiary/aromatic N) is 2. The largest absolute Gasteiger partial charge is 0.303 e. The average Bonchev–Trinajstić information content (AvgIpc) is 2.45. The number of rotatable bonds is 4. The minimum atomic E-state index is 1.03. The van der Waals surface area contributed by atoms with Crippen molar-refractivity contribution in [3.63, 3.8) is 0 Å². The van der Waals surface area contributed by atoms with Crippen LogP contribution in [0.2, 0.25) is 0 Å². The predicted octanol–water partition coefficient (Wildman–Crippen LogP) is 2.12. The van der Waals surface area contributed by atoms with Gasteiger partial charge in [0, 0.05) is 6.20 Å². The zero-order valence-corrected chi connectivity index (χ0v) is 8.16. The van der Waals surface area contributed by atoms with E-state index < -0.39 is 0 Å². The van der Waals surface area contributed by atoms with Crippen molar-refractivity contribution in [2.45, 2.75) is 19.8 Å². The minimum absolute atomic E-state index is 1.03. The third-order valence-corrected chi connectivity index (χ3v) is 2.36. The van der Waals surface area contributed by atoms with Gasteiger partial charge in [0.25, 0.3) is 0 Å². The first-order chi connectivity index (χ1) is 5.70. The maximum absolute atomic E-state index is 3.75. The van der Waals surface area contributed by atoms with Gasteiger partial charge in [0.05, 0.1) is 19.8 Å². The van der Waals surface area contributed by atoms with Gasteiger partial charge in [-0.15, -0.1) is 0 Å². The lowest BCUT2D eigenvalue weighted by atomic mass is 10.3. The zero-order chi connectivity index (χ0) is 9.03. The molecule has 0 bridgehead atoms. The molecule has 0 aliphatic carbocycles. The Bertz CT molecular complexity index is 186. The Hall–Kier alpha value is -0.760. The van der Waals surface area contributed by atoms with E-state index in [4.69, 9.17) is 0 Å². The Kier molecular flexibility index (Phi) is 2.93. The molecule has 0 aromatic heterocycles. The van der Waals surface area contributed by atoms with Crippen LogP contribution in [-0.2, 0) is 0 Å². The molecule has 1 atom stereocenters. The molecule has 0 aromatic rings. The molecule has 68 valence electrons. The summed E-state index contributed by atoms with van der Waals surface area (Å²) in [7, 11) is 2.26. The van der Waals surface area contributed by atoms with E-state index in [1.54, 1.807) is 0 Å². The van der Waals surface area contributed by atoms with E-state index in [2.05, 4.69) is 37.9 Å². The van der Waals surface area contributed by atoms with Crippen LogP contribution in [0.1, 0.15) is 19.8 Å². The van der Waals surface area contributed by atoms with Gasteiger partial charge in [-0.25, -0.2) is 0 Å². The second kappa shape index (κ2) is 3.76. The first kappa shape index (κ1) is 9.33. The smallest absolute Gasteiger partial charge is 0.162 e. The quantitative estimate of drug-likeness (QED) is 0.580. The highest BCUT2D eigenvalue weighted by Crippen LogP contribution is 2.16. The maximum atomic E-state index is 3.75. The summed E-state index contributed by atoms with van der Waals surface area (Å²) in [6.45, 7) is 8.27. The normalized spacial score (nSPS) is 28.0. The fourth-order valence-electron chi connectivity index (χ4n) is 1.50. The van der Waals surface area contributed by atoms with E-state index in [0.717, 1.165) is 11.2 Å². The van der Waals surface area contributed by atoms with Crippen molar-refractivity contribution in [2.24, 2.45) is 0 Å². The van der Waals surface area contributed by atoms with Crippen molar-refractivity contribution in [3.05, 3.63) is 25.2 Å². The Morgan fingerprint density at radius 3 is 2.92 bits per heavy atom. The first-order valence-corrected chi connectivity index (χ1v) is 4.62. The van der Waals surface area contributed by atoms with Crippen molar-refractivity contribution in [1.29, 1.82) is 0 Å². The summed E-state index contributed by atoms with van der Waals surface area (Å²) in [6.07, 6.45) is 8.81. The molecule has 1 rings (SSSR count). The van der Waals surface area contributed by atoms with Crippen LogP contribution in [0.3, 0.4) is 0 Å². The Labute approximate surface area is 75.4 Å². The molecule has 2 heteroatoms. The fraction of sp³-hybridized carbons (Fsp3) is 0.600. The molecular weight excluding hydrogens is 148 g/mol. The highest BCUT2D eigenvalue weighted by molar-refractivity contribution is 4.87. The molecule has 0 radical (unpaired) electrons. The van der Waals surface area contributed by atoms with E-state index in [0.29, 0.717) is 0 Å². The van der Waals surface area contributed by atoms with Crippen LogP contribution in [0.25, 0.3) is 0 Å². The molecule has 0 N–H and O–H groups in total. The summed E-state index contributed by atoms with van der Waals surface area (Å²) < 4.78 is 1.03. The third-order valence-electron chi connectivity index (χ3n) is 2.36. The van der Waals surface area contributed by atoms with Gasteiger partial charge in [-0.2, -0.15) is 0 Å². The lowest BCUT2D eigenvalue weighted by Gasteiger charge is -2.27. The second-order valence-corrected chi connectivity index (χ2v) is 3.69. The molecule has 1 aliphatic rings. The first-order valence-electron chi connectivity index (χ1n) is 4.62. The molecule has 0 spiro atoms. The number of unbranched alkanes of at least 4 members (excludes halogenated alkanes) is 1. The molecule has 0 aromatic carbocycles. The molecule has 1 aliphatic heterocycles. The average molecular weight is 167 g/mol. The van der Waals surface area contributed by atoms with Crippen molar-refractivity contribution < 1.29 is 4.48 Å². The van der Waals surface area contributed by atoms with E-state index in [1.165, 1.54) is 19.4 Å². The summed E-state index contributed by atoms with van der Waals surface area (Å²) in [5.74, 6) is 0. The summed E-state index contributed by atoms with van der Waals surface area (Å²) in [4.78, 5) is 2.13. The third kappa shape index (κ3) is 2.11. The van der Waals surface area contributed by atoms with Crippen molar-refractivity contribution in [2.75, 3.05) is 20.3 Å². The second-order valence-electron chi connectivity index (χ2n) is 3.69. The Balaban J connectivity index is 2.42. The highest BCUT2D eigenvalue weighted by Gasteiger charge is 2.24. The number of hydrogen-bond acceptors (Lipinski definition) is 1. The van der Waals surface area contributed by atoms with E-state index in [1.807, 2.05) is 6.20 Å². The topological polar surface area (TPSA) is 3.24 Å². The van der Waals surface area contributed by atoms with Gasteiger partial charge in [0.1, 0.15) is 6.20 Å². The fourth-order valence-corrected chi connectivity index (χ4v) is 1.50. The van der Waals surface area contributed by atoms with Gasteiger partial charge in [0.2, 0.25) is 0 Å². The van der Waals surface area contributed by atoms with Crippen molar-refractivity contribution in [1.82, 2.24) is 4.90 Å². The van der Waals surface area contributed by atoms with Crippen LogP contribution in [-0.4, -0.2) is 29.6 Å². The molecule has 0 saturated carbocycles. The summed E-state index contributed by atoms with van der Waals surface area (Å²) in [5, 5.41) is 0. The lowest BCUT2D eigenvalue weighted by molar-refractivity contribution is -0.860. The van der Waals surface area contributed by atoms with Gasteiger partial charge in [-0.1, -0.05) is 19.9 Å². The van der Waals surface area contributed by atoms with Crippen LogP contribution in [0, 0.1) is 0 Å². The van der Waals surface area contributed by atoms with E-state index in [-0.39, 0.29) is 0 Å². The number of quaternary nitrogens is 1. The molecule has 0 fully saturated rings. The van der Waals surface area contributed by atoms with Crippen molar-refractivity contribution >= 4 is 0 Å². The predicted molar refractivity (Wildman–Crippen MR) is 52.0 cm³/mol.